The lowest BCUT2D eigenvalue weighted by Gasteiger charge is -2.11. The van der Waals surface area contributed by atoms with Gasteiger partial charge < -0.3 is 15.4 Å². The van der Waals surface area contributed by atoms with E-state index < -0.39 is 0 Å². The molecule has 0 aromatic heterocycles. The number of hydrogen-bond acceptors (Lipinski definition) is 3. The predicted molar refractivity (Wildman–Crippen MR) is 82.8 cm³/mol. The highest BCUT2D eigenvalue weighted by Gasteiger charge is 2.06. The van der Waals surface area contributed by atoms with E-state index in [0.717, 1.165) is 43.6 Å². The second-order valence-corrected chi connectivity index (χ2v) is 4.75. The lowest BCUT2D eigenvalue weighted by atomic mass is 10.1. The van der Waals surface area contributed by atoms with Crippen molar-refractivity contribution in [1.29, 1.82) is 0 Å². The number of hydrogen-bond donors (Lipinski definition) is 2. The van der Waals surface area contributed by atoms with Crippen LogP contribution in [0.2, 0.25) is 0 Å². The maximum absolute atomic E-state index is 11.8. The van der Waals surface area contributed by atoms with Crippen molar-refractivity contribution in [3.05, 3.63) is 29.8 Å². The zero-order valence-corrected chi connectivity index (χ0v) is 12.6. The Labute approximate surface area is 121 Å². The van der Waals surface area contributed by atoms with E-state index in [1.807, 2.05) is 24.3 Å². The first-order valence-corrected chi connectivity index (χ1v) is 7.44. The number of carbonyl (C=O) groups is 1. The maximum atomic E-state index is 11.8. The normalized spacial score (nSPS) is 10.5. The van der Waals surface area contributed by atoms with E-state index in [0.29, 0.717) is 6.61 Å². The van der Waals surface area contributed by atoms with E-state index >= 15 is 0 Å². The molecule has 0 aliphatic rings. The smallest absolute Gasteiger partial charge is 0.250 e. The zero-order valence-electron chi connectivity index (χ0n) is 12.6. The van der Waals surface area contributed by atoms with Crippen LogP contribution in [0.4, 0.5) is 5.69 Å². The fraction of sp³-hybridized carbons (Fsp3) is 0.562. The molecule has 0 unspecified atom stereocenters. The van der Waals surface area contributed by atoms with E-state index in [-0.39, 0.29) is 12.5 Å². The third-order valence-electron chi connectivity index (χ3n) is 2.98. The maximum Gasteiger partial charge on any atom is 0.250 e. The van der Waals surface area contributed by atoms with Crippen LogP contribution in [0.3, 0.4) is 0 Å². The number of benzene rings is 1. The van der Waals surface area contributed by atoms with Crippen molar-refractivity contribution in [1.82, 2.24) is 5.32 Å². The van der Waals surface area contributed by atoms with Gasteiger partial charge in [0.05, 0.1) is 0 Å². The van der Waals surface area contributed by atoms with E-state index in [4.69, 9.17) is 4.74 Å². The molecule has 0 aliphatic carbocycles. The molecule has 0 fully saturated rings. The van der Waals surface area contributed by atoms with E-state index in [2.05, 4.69) is 24.5 Å². The molecule has 0 saturated heterocycles. The van der Waals surface area contributed by atoms with Crippen molar-refractivity contribution >= 4 is 11.6 Å². The van der Waals surface area contributed by atoms with Gasteiger partial charge >= 0.3 is 0 Å². The predicted octanol–water partition coefficient (Wildman–Crippen LogP) is 2.94. The summed E-state index contributed by atoms with van der Waals surface area (Å²) in [6.07, 6.45) is 3.32. The number of para-hydroxylation sites is 1. The molecular weight excluding hydrogens is 252 g/mol. The SMILES string of the molecule is CCCCCOCC(=O)Nc1ccccc1CNCC. The molecule has 0 atom stereocenters. The lowest BCUT2D eigenvalue weighted by Crippen LogP contribution is -2.21. The van der Waals surface area contributed by atoms with Gasteiger partial charge in [-0.05, 0) is 24.6 Å². The molecule has 1 aromatic rings. The highest BCUT2D eigenvalue weighted by atomic mass is 16.5. The van der Waals surface area contributed by atoms with Gasteiger partial charge in [-0.1, -0.05) is 44.9 Å². The Balaban J connectivity index is 2.37. The molecule has 4 heteroatoms. The molecule has 0 saturated carbocycles. The van der Waals surface area contributed by atoms with Gasteiger partial charge in [-0.15, -0.1) is 0 Å². The highest BCUT2D eigenvalue weighted by molar-refractivity contribution is 5.92. The lowest BCUT2D eigenvalue weighted by molar-refractivity contribution is -0.120. The monoisotopic (exact) mass is 278 g/mol. The number of anilines is 1. The van der Waals surface area contributed by atoms with Crippen LogP contribution in [0.1, 0.15) is 38.7 Å². The molecule has 1 rings (SSSR count). The molecular formula is C16H26N2O2. The second-order valence-electron chi connectivity index (χ2n) is 4.75. The van der Waals surface area contributed by atoms with Crippen molar-refractivity contribution in [2.45, 2.75) is 39.7 Å². The average Bonchev–Trinajstić information content (AvgIpc) is 2.46. The van der Waals surface area contributed by atoms with Crippen LogP contribution in [0, 0.1) is 0 Å². The summed E-state index contributed by atoms with van der Waals surface area (Å²) in [4.78, 5) is 11.8. The number of unbranched alkanes of at least 4 members (excludes halogenated alkanes) is 2. The third kappa shape index (κ3) is 6.68. The summed E-state index contributed by atoms with van der Waals surface area (Å²) in [7, 11) is 0. The fourth-order valence-corrected chi connectivity index (χ4v) is 1.86. The van der Waals surface area contributed by atoms with E-state index in [1.54, 1.807) is 0 Å². The van der Waals surface area contributed by atoms with Gasteiger partial charge in [0, 0.05) is 18.8 Å². The van der Waals surface area contributed by atoms with Crippen molar-refractivity contribution in [2.75, 3.05) is 25.1 Å². The number of nitrogens with one attached hydrogen (secondary N) is 2. The second kappa shape index (κ2) is 10.4. The Morgan fingerprint density at radius 2 is 2.00 bits per heavy atom. The summed E-state index contributed by atoms with van der Waals surface area (Å²) in [5, 5.41) is 6.17. The summed E-state index contributed by atoms with van der Waals surface area (Å²) in [5.41, 5.74) is 1.95. The molecule has 2 N–H and O–H groups in total. The Morgan fingerprint density at radius 3 is 2.75 bits per heavy atom. The van der Waals surface area contributed by atoms with Gasteiger partial charge in [0.1, 0.15) is 6.61 Å². The van der Waals surface area contributed by atoms with Crippen LogP contribution in [-0.2, 0) is 16.1 Å². The molecule has 0 bridgehead atoms. The Bertz CT molecular complexity index is 394. The van der Waals surface area contributed by atoms with Gasteiger partial charge in [0.25, 0.3) is 0 Å². The number of carbonyl (C=O) groups excluding carboxylic acids is 1. The topological polar surface area (TPSA) is 50.4 Å². The van der Waals surface area contributed by atoms with Gasteiger partial charge in [-0.2, -0.15) is 0 Å². The highest BCUT2D eigenvalue weighted by Crippen LogP contribution is 2.14. The quantitative estimate of drug-likeness (QED) is 0.647. The van der Waals surface area contributed by atoms with Crippen LogP contribution >= 0.6 is 0 Å². The summed E-state index contributed by atoms with van der Waals surface area (Å²) in [6, 6.07) is 7.83. The fourth-order valence-electron chi connectivity index (χ4n) is 1.86. The molecule has 0 radical (unpaired) electrons. The molecule has 4 nitrogen and oxygen atoms in total. The minimum atomic E-state index is -0.0922. The Kier molecular flexibility index (Phi) is 8.67. The van der Waals surface area contributed by atoms with Crippen LogP contribution in [0.5, 0.6) is 0 Å². The number of amides is 1. The van der Waals surface area contributed by atoms with Gasteiger partial charge in [0.15, 0.2) is 0 Å². The summed E-state index contributed by atoms with van der Waals surface area (Å²) >= 11 is 0. The third-order valence-corrected chi connectivity index (χ3v) is 2.98. The molecule has 1 aromatic carbocycles. The summed E-state index contributed by atoms with van der Waals surface area (Å²) in [5.74, 6) is -0.0922. The average molecular weight is 278 g/mol. The molecule has 1 amide bonds. The first-order chi connectivity index (χ1) is 9.77. The zero-order chi connectivity index (χ0) is 14.6. The van der Waals surface area contributed by atoms with Crippen molar-refractivity contribution in [3.8, 4) is 0 Å². The van der Waals surface area contributed by atoms with Crippen LogP contribution in [-0.4, -0.2) is 25.7 Å². The van der Waals surface area contributed by atoms with Gasteiger partial charge in [-0.3, -0.25) is 4.79 Å². The minimum Gasteiger partial charge on any atom is -0.372 e. The standard InChI is InChI=1S/C16H26N2O2/c1-3-5-8-11-20-13-16(19)18-15-10-7-6-9-14(15)12-17-4-2/h6-7,9-10,17H,3-5,8,11-13H2,1-2H3,(H,18,19). The first kappa shape index (κ1) is 16.7. The number of rotatable bonds is 10. The molecule has 20 heavy (non-hydrogen) atoms. The van der Waals surface area contributed by atoms with E-state index in [9.17, 15) is 4.79 Å². The van der Waals surface area contributed by atoms with Crippen molar-refractivity contribution < 1.29 is 9.53 Å². The molecule has 0 heterocycles. The van der Waals surface area contributed by atoms with Crippen molar-refractivity contribution in [3.63, 3.8) is 0 Å². The molecule has 112 valence electrons. The van der Waals surface area contributed by atoms with Crippen LogP contribution < -0.4 is 10.6 Å². The Hall–Kier alpha value is -1.39. The van der Waals surface area contributed by atoms with Gasteiger partial charge in [0.2, 0.25) is 5.91 Å². The Morgan fingerprint density at radius 1 is 1.20 bits per heavy atom. The summed E-state index contributed by atoms with van der Waals surface area (Å²) < 4.78 is 5.36. The molecule has 0 spiro atoms. The first-order valence-electron chi connectivity index (χ1n) is 7.44. The van der Waals surface area contributed by atoms with Crippen LogP contribution in [0.25, 0.3) is 0 Å². The number of ether oxygens (including phenoxy) is 1. The van der Waals surface area contributed by atoms with Gasteiger partial charge in [-0.25, -0.2) is 0 Å². The summed E-state index contributed by atoms with van der Waals surface area (Å²) in [6.45, 7) is 6.64. The van der Waals surface area contributed by atoms with Crippen LogP contribution in [0.15, 0.2) is 24.3 Å². The largest absolute Gasteiger partial charge is 0.372 e. The molecule has 0 aliphatic heterocycles. The van der Waals surface area contributed by atoms with Crippen molar-refractivity contribution in [2.24, 2.45) is 0 Å². The van der Waals surface area contributed by atoms with E-state index in [1.165, 1.54) is 0 Å². The minimum absolute atomic E-state index is 0.0922.